The highest BCUT2D eigenvalue weighted by molar-refractivity contribution is 5.34. The average Bonchev–Trinajstić information content (AvgIpc) is 2.76. The average molecular weight is 235 g/mol. The van der Waals surface area contributed by atoms with Crippen molar-refractivity contribution in [2.24, 2.45) is 11.7 Å². The third kappa shape index (κ3) is 2.79. The first-order valence-corrected chi connectivity index (χ1v) is 6.21. The first-order valence-electron chi connectivity index (χ1n) is 6.21. The van der Waals surface area contributed by atoms with E-state index in [1.807, 2.05) is 18.2 Å². The van der Waals surface area contributed by atoms with Crippen LogP contribution in [0.4, 0.5) is 0 Å². The lowest BCUT2D eigenvalue weighted by molar-refractivity contribution is 0.0725. The molecule has 0 aromatic heterocycles. The van der Waals surface area contributed by atoms with Gasteiger partial charge in [-0.2, -0.15) is 0 Å². The molecule has 1 fully saturated rings. The first kappa shape index (κ1) is 12.4. The van der Waals surface area contributed by atoms with Gasteiger partial charge in [0.05, 0.1) is 13.2 Å². The lowest BCUT2D eigenvalue weighted by Gasteiger charge is -2.23. The predicted molar refractivity (Wildman–Crippen MR) is 68.2 cm³/mol. The van der Waals surface area contributed by atoms with Crippen LogP contribution in [0.2, 0.25) is 0 Å². The van der Waals surface area contributed by atoms with E-state index >= 15 is 0 Å². The smallest absolute Gasteiger partial charge is 0.122 e. The van der Waals surface area contributed by atoms with Crippen LogP contribution >= 0.6 is 0 Å². The summed E-state index contributed by atoms with van der Waals surface area (Å²) in [6.07, 6.45) is 2.10. The zero-order chi connectivity index (χ0) is 12.3. The van der Waals surface area contributed by atoms with Crippen molar-refractivity contribution in [3.63, 3.8) is 0 Å². The minimum absolute atomic E-state index is 0.0452. The number of para-hydroxylation sites is 1. The molecular weight excluding hydrogens is 214 g/mol. The molecule has 1 aliphatic heterocycles. The Bertz CT molecular complexity index is 367. The van der Waals surface area contributed by atoms with Gasteiger partial charge in [-0.05, 0) is 30.4 Å². The Morgan fingerprint density at radius 2 is 2.24 bits per heavy atom. The van der Waals surface area contributed by atoms with Crippen molar-refractivity contribution in [3.05, 3.63) is 29.8 Å². The van der Waals surface area contributed by atoms with Gasteiger partial charge < -0.3 is 15.2 Å². The van der Waals surface area contributed by atoms with E-state index in [4.69, 9.17) is 15.2 Å². The van der Waals surface area contributed by atoms with Gasteiger partial charge in [0.1, 0.15) is 5.75 Å². The monoisotopic (exact) mass is 235 g/mol. The van der Waals surface area contributed by atoms with Gasteiger partial charge in [0, 0.05) is 12.6 Å². The minimum atomic E-state index is 0.0452. The molecule has 3 heteroatoms. The summed E-state index contributed by atoms with van der Waals surface area (Å²) in [6.45, 7) is 3.05. The van der Waals surface area contributed by atoms with E-state index in [2.05, 4.69) is 13.0 Å². The predicted octanol–water partition coefficient (Wildman–Crippen LogP) is 1.99. The van der Waals surface area contributed by atoms with Gasteiger partial charge >= 0.3 is 0 Å². The second kappa shape index (κ2) is 5.52. The van der Waals surface area contributed by atoms with Crippen molar-refractivity contribution in [1.29, 1.82) is 0 Å². The van der Waals surface area contributed by atoms with Crippen LogP contribution < -0.4 is 10.5 Å². The fraction of sp³-hybridized carbons (Fsp3) is 0.571. The van der Waals surface area contributed by atoms with Crippen LogP contribution in [0.3, 0.4) is 0 Å². The molecule has 94 valence electrons. The van der Waals surface area contributed by atoms with Crippen molar-refractivity contribution in [2.75, 3.05) is 13.7 Å². The Morgan fingerprint density at radius 3 is 2.88 bits per heavy atom. The molecule has 1 heterocycles. The Labute approximate surface area is 103 Å². The van der Waals surface area contributed by atoms with Crippen LogP contribution in [0.1, 0.15) is 18.9 Å². The Kier molecular flexibility index (Phi) is 4.02. The minimum Gasteiger partial charge on any atom is -0.496 e. The zero-order valence-corrected chi connectivity index (χ0v) is 10.6. The standard InChI is InChI=1S/C14H21NO2/c1-10-7-8-17-14(10)12(15)9-11-5-3-4-6-13(11)16-2/h3-6,10,12,14H,7-9,15H2,1-2H3. The highest BCUT2D eigenvalue weighted by atomic mass is 16.5. The summed E-state index contributed by atoms with van der Waals surface area (Å²) in [4.78, 5) is 0. The molecule has 3 nitrogen and oxygen atoms in total. The van der Waals surface area contributed by atoms with Crippen LogP contribution in [0.15, 0.2) is 24.3 Å². The molecule has 1 aliphatic rings. The van der Waals surface area contributed by atoms with Gasteiger partial charge in [0.2, 0.25) is 0 Å². The van der Waals surface area contributed by atoms with Crippen molar-refractivity contribution >= 4 is 0 Å². The van der Waals surface area contributed by atoms with Gasteiger partial charge in [0.15, 0.2) is 0 Å². The molecule has 1 aromatic rings. The molecule has 2 rings (SSSR count). The molecule has 0 amide bonds. The molecule has 17 heavy (non-hydrogen) atoms. The maximum Gasteiger partial charge on any atom is 0.122 e. The number of hydrogen-bond acceptors (Lipinski definition) is 3. The Morgan fingerprint density at radius 1 is 1.47 bits per heavy atom. The Hall–Kier alpha value is -1.06. The molecule has 0 spiro atoms. The number of nitrogens with two attached hydrogens (primary N) is 1. The van der Waals surface area contributed by atoms with Crippen LogP contribution in [0, 0.1) is 5.92 Å². The van der Waals surface area contributed by atoms with Gasteiger partial charge in [-0.25, -0.2) is 0 Å². The zero-order valence-electron chi connectivity index (χ0n) is 10.6. The SMILES string of the molecule is COc1ccccc1CC(N)C1OCCC1C. The Balaban J connectivity index is 2.04. The number of benzene rings is 1. The topological polar surface area (TPSA) is 44.5 Å². The number of rotatable bonds is 4. The number of hydrogen-bond donors (Lipinski definition) is 1. The molecule has 2 N–H and O–H groups in total. The van der Waals surface area contributed by atoms with Gasteiger partial charge in [-0.3, -0.25) is 0 Å². The fourth-order valence-corrected chi connectivity index (χ4v) is 2.51. The summed E-state index contributed by atoms with van der Waals surface area (Å²) < 4.78 is 11.0. The van der Waals surface area contributed by atoms with Crippen molar-refractivity contribution in [2.45, 2.75) is 31.9 Å². The first-order chi connectivity index (χ1) is 8.22. The van der Waals surface area contributed by atoms with Crippen LogP contribution in [0.25, 0.3) is 0 Å². The summed E-state index contributed by atoms with van der Waals surface area (Å²) >= 11 is 0. The molecule has 0 aliphatic carbocycles. The lowest BCUT2D eigenvalue weighted by Crippen LogP contribution is -2.39. The highest BCUT2D eigenvalue weighted by Gasteiger charge is 2.30. The van der Waals surface area contributed by atoms with E-state index < -0.39 is 0 Å². The van der Waals surface area contributed by atoms with Gasteiger partial charge in [-0.15, -0.1) is 0 Å². The molecule has 1 aromatic carbocycles. The molecule has 0 bridgehead atoms. The molecule has 1 saturated heterocycles. The summed E-state index contributed by atoms with van der Waals surface area (Å²) in [5, 5.41) is 0. The lowest BCUT2D eigenvalue weighted by atomic mass is 9.93. The molecule has 3 atom stereocenters. The second-order valence-electron chi connectivity index (χ2n) is 4.78. The molecule has 0 saturated carbocycles. The normalized spacial score (nSPS) is 25.8. The van der Waals surface area contributed by atoms with Gasteiger partial charge in [-0.1, -0.05) is 25.1 Å². The fourth-order valence-electron chi connectivity index (χ4n) is 2.51. The summed E-state index contributed by atoms with van der Waals surface area (Å²) in [5.41, 5.74) is 7.40. The van der Waals surface area contributed by atoms with Gasteiger partial charge in [0.25, 0.3) is 0 Å². The summed E-state index contributed by atoms with van der Waals surface area (Å²) in [6, 6.07) is 8.08. The van der Waals surface area contributed by atoms with Crippen molar-refractivity contribution < 1.29 is 9.47 Å². The molecule has 0 radical (unpaired) electrons. The molecule has 3 unspecified atom stereocenters. The third-order valence-electron chi connectivity index (χ3n) is 3.51. The van der Waals surface area contributed by atoms with E-state index in [1.54, 1.807) is 7.11 Å². The summed E-state index contributed by atoms with van der Waals surface area (Å²) in [5.74, 6) is 1.47. The van der Waals surface area contributed by atoms with Crippen LogP contribution in [-0.4, -0.2) is 25.9 Å². The van der Waals surface area contributed by atoms with E-state index in [0.29, 0.717) is 5.92 Å². The summed E-state index contributed by atoms with van der Waals surface area (Å²) in [7, 11) is 1.69. The van der Waals surface area contributed by atoms with E-state index in [0.717, 1.165) is 30.8 Å². The van der Waals surface area contributed by atoms with Crippen LogP contribution in [-0.2, 0) is 11.2 Å². The van der Waals surface area contributed by atoms with Crippen molar-refractivity contribution in [1.82, 2.24) is 0 Å². The maximum atomic E-state index is 6.24. The largest absolute Gasteiger partial charge is 0.496 e. The number of methoxy groups -OCH3 is 1. The molecular formula is C14H21NO2. The van der Waals surface area contributed by atoms with E-state index in [9.17, 15) is 0 Å². The quantitative estimate of drug-likeness (QED) is 0.868. The van der Waals surface area contributed by atoms with Crippen molar-refractivity contribution in [3.8, 4) is 5.75 Å². The third-order valence-corrected chi connectivity index (χ3v) is 3.51. The second-order valence-corrected chi connectivity index (χ2v) is 4.78. The van der Waals surface area contributed by atoms with Crippen LogP contribution in [0.5, 0.6) is 5.75 Å². The maximum absolute atomic E-state index is 6.24. The van der Waals surface area contributed by atoms with E-state index in [1.165, 1.54) is 0 Å². The highest BCUT2D eigenvalue weighted by Crippen LogP contribution is 2.26. The van der Waals surface area contributed by atoms with E-state index in [-0.39, 0.29) is 12.1 Å². The number of ether oxygens (including phenoxy) is 2.